The number of hydrogen-bond donors (Lipinski definition) is 2. The van der Waals surface area contributed by atoms with E-state index in [1.165, 1.54) is 0 Å². The van der Waals surface area contributed by atoms with Crippen molar-refractivity contribution in [2.45, 2.75) is 19.4 Å². The van der Waals surface area contributed by atoms with E-state index in [-0.39, 0.29) is 13.0 Å². The molecule has 0 bridgehead atoms. The normalized spacial score (nSPS) is 10.8. The van der Waals surface area contributed by atoms with Crippen molar-refractivity contribution >= 4 is 28.6 Å². The summed E-state index contributed by atoms with van der Waals surface area (Å²) in [6, 6.07) is 1.10. The van der Waals surface area contributed by atoms with Crippen molar-refractivity contribution in [3.63, 3.8) is 0 Å². The maximum atomic E-state index is 12.5. The standard InChI is InChI=1S/C9H9F2IN2O2/c10-8(11)6-1-4(2-7(15)16)5(3-13)9(12)14-6/h1,8H,2-3,13H2,(H,15,16). The fraction of sp³-hybridized carbons (Fsp3) is 0.333. The predicted octanol–water partition coefficient (Wildman–Crippen LogP) is 1.71. The first-order chi connectivity index (χ1) is 7.45. The molecule has 0 aliphatic carbocycles. The third-order valence-corrected chi connectivity index (χ3v) is 2.85. The van der Waals surface area contributed by atoms with E-state index in [1.807, 2.05) is 0 Å². The van der Waals surface area contributed by atoms with E-state index in [1.54, 1.807) is 22.6 Å². The lowest BCUT2D eigenvalue weighted by Crippen LogP contribution is -2.11. The Hall–Kier alpha value is -0.830. The van der Waals surface area contributed by atoms with Gasteiger partial charge in [0, 0.05) is 12.1 Å². The minimum Gasteiger partial charge on any atom is -0.481 e. The zero-order valence-electron chi connectivity index (χ0n) is 8.08. The van der Waals surface area contributed by atoms with Gasteiger partial charge in [-0.3, -0.25) is 4.79 Å². The highest BCUT2D eigenvalue weighted by Crippen LogP contribution is 2.23. The second-order valence-corrected chi connectivity index (χ2v) is 4.07. The minimum absolute atomic E-state index is 0.0808. The van der Waals surface area contributed by atoms with Crippen LogP contribution in [0.1, 0.15) is 23.2 Å². The van der Waals surface area contributed by atoms with Crippen LogP contribution in [0.25, 0.3) is 0 Å². The fourth-order valence-corrected chi connectivity index (χ4v) is 2.10. The van der Waals surface area contributed by atoms with Crippen molar-refractivity contribution in [3.8, 4) is 0 Å². The molecule has 0 atom stereocenters. The Morgan fingerprint density at radius 3 is 2.69 bits per heavy atom. The largest absolute Gasteiger partial charge is 0.481 e. The SMILES string of the molecule is NCc1c(CC(=O)O)cc(C(F)F)nc1I. The van der Waals surface area contributed by atoms with Crippen LogP contribution in [0.2, 0.25) is 0 Å². The first-order valence-electron chi connectivity index (χ1n) is 4.34. The third-order valence-electron chi connectivity index (χ3n) is 1.96. The van der Waals surface area contributed by atoms with E-state index < -0.39 is 18.1 Å². The number of rotatable bonds is 4. The van der Waals surface area contributed by atoms with Crippen LogP contribution in [0.4, 0.5) is 8.78 Å². The lowest BCUT2D eigenvalue weighted by atomic mass is 10.1. The number of aromatic nitrogens is 1. The average Bonchev–Trinajstić information content (AvgIpc) is 2.16. The number of carboxylic acid groups (broad SMARTS) is 1. The number of carbonyl (C=O) groups is 1. The van der Waals surface area contributed by atoms with Gasteiger partial charge in [-0.1, -0.05) is 0 Å². The van der Waals surface area contributed by atoms with Crippen molar-refractivity contribution in [1.29, 1.82) is 0 Å². The van der Waals surface area contributed by atoms with Crippen LogP contribution in [0.5, 0.6) is 0 Å². The molecule has 3 N–H and O–H groups in total. The predicted molar refractivity (Wildman–Crippen MR) is 61.1 cm³/mol. The van der Waals surface area contributed by atoms with Gasteiger partial charge in [0.2, 0.25) is 0 Å². The van der Waals surface area contributed by atoms with Gasteiger partial charge in [-0.15, -0.1) is 0 Å². The van der Waals surface area contributed by atoms with Crippen LogP contribution >= 0.6 is 22.6 Å². The number of halogens is 3. The maximum absolute atomic E-state index is 12.5. The molecule has 88 valence electrons. The first-order valence-corrected chi connectivity index (χ1v) is 5.41. The highest BCUT2D eigenvalue weighted by molar-refractivity contribution is 14.1. The molecule has 0 aliphatic rings. The van der Waals surface area contributed by atoms with Gasteiger partial charge in [0.1, 0.15) is 9.39 Å². The highest BCUT2D eigenvalue weighted by atomic mass is 127. The van der Waals surface area contributed by atoms with E-state index >= 15 is 0 Å². The number of carboxylic acids is 1. The van der Waals surface area contributed by atoms with Gasteiger partial charge in [0.05, 0.1) is 6.42 Å². The molecule has 1 heterocycles. The van der Waals surface area contributed by atoms with E-state index in [0.717, 1.165) is 6.07 Å². The molecule has 4 nitrogen and oxygen atoms in total. The van der Waals surface area contributed by atoms with E-state index in [0.29, 0.717) is 14.8 Å². The molecule has 1 aromatic rings. The topological polar surface area (TPSA) is 76.2 Å². The Balaban J connectivity index is 3.24. The summed E-state index contributed by atoms with van der Waals surface area (Å²) in [7, 11) is 0. The van der Waals surface area contributed by atoms with Crippen LogP contribution in [0, 0.1) is 3.70 Å². The first kappa shape index (κ1) is 13.2. The smallest absolute Gasteiger partial charge is 0.307 e. The molecule has 0 spiro atoms. The molecule has 0 aromatic carbocycles. The van der Waals surface area contributed by atoms with Crippen LogP contribution in [-0.2, 0) is 17.8 Å². The molecule has 0 saturated heterocycles. The summed E-state index contributed by atoms with van der Waals surface area (Å²) in [5.41, 5.74) is 5.81. The number of pyridine rings is 1. The van der Waals surface area contributed by atoms with Gasteiger partial charge >= 0.3 is 5.97 Å². The Kier molecular flexibility index (Phi) is 4.54. The Morgan fingerprint density at radius 2 is 2.25 bits per heavy atom. The summed E-state index contributed by atoms with van der Waals surface area (Å²) in [5.74, 6) is -1.09. The van der Waals surface area contributed by atoms with E-state index in [4.69, 9.17) is 10.8 Å². The molecule has 0 amide bonds. The molecule has 7 heteroatoms. The van der Waals surface area contributed by atoms with Crippen molar-refractivity contribution in [1.82, 2.24) is 4.98 Å². The Labute approximate surface area is 104 Å². The number of nitrogens with zero attached hydrogens (tertiary/aromatic N) is 1. The lowest BCUT2D eigenvalue weighted by Gasteiger charge is -2.10. The van der Waals surface area contributed by atoms with Crippen LogP contribution in [0.3, 0.4) is 0 Å². The van der Waals surface area contributed by atoms with E-state index in [2.05, 4.69) is 4.98 Å². The Bertz CT molecular complexity index is 413. The third kappa shape index (κ3) is 3.08. The molecule has 1 aromatic heterocycles. The monoisotopic (exact) mass is 342 g/mol. The highest BCUT2D eigenvalue weighted by Gasteiger charge is 2.16. The summed E-state index contributed by atoms with van der Waals surface area (Å²) in [4.78, 5) is 14.3. The maximum Gasteiger partial charge on any atom is 0.307 e. The van der Waals surface area contributed by atoms with Crippen molar-refractivity contribution < 1.29 is 18.7 Å². The summed E-state index contributed by atoms with van der Waals surface area (Å²) in [5, 5.41) is 8.66. The lowest BCUT2D eigenvalue weighted by molar-refractivity contribution is -0.136. The molecule has 0 radical (unpaired) electrons. The molecule has 1 rings (SSSR count). The van der Waals surface area contributed by atoms with Crippen molar-refractivity contribution in [2.75, 3.05) is 0 Å². The van der Waals surface area contributed by atoms with Crippen molar-refractivity contribution in [2.24, 2.45) is 5.73 Å². The summed E-state index contributed by atoms with van der Waals surface area (Å²) in [6.45, 7) is 0.0808. The van der Waals surface area contributed by atoms with Gasteiger partial charge in [0.15, 0.2) is 0 Å². The van der Waals surface area contributed by atoms with E-state index in [9.17, 15) is 13.6 Å². The van der Waals surface area contributed by atoms with Crippen LogP contribution in [0.15, 0.2) is 6.07 Å². The average molecular weight is 342 g/mol. The summed E-state index contributed by atoms with van der Waals surface area (Å²) >= 11 is 1.77. The molecular weight excluding hydrogens is 333 g/mol. The molecular formula is C9H9F2IN2O2. The van der Waals surface area contributed by atoms with Gasteiger partial charge in [0.25, 0.3) is 6.43 Å². The zero-order valence-corrected chi connectivity index (χ0v) is 10.2. The minimum atomic E-state index is -2.71. The van der Waals surface area contributed by atoms with Crippen LogP contribution in [-0.4, -0.2) is 16.1 Å². The van der Waals surface area contributed by atoms with Crippen LogP contribution < -0.4 is 5.73 Å². The number of nitrogens with two attached hydrogens (primary N) is 1. The second kappa shape index (κ2) is 5.48. The second-order valence-electron chi connectivity index (χ2n) is 3.05. The van der Waals surface area contributed by atoms with Gasteiger partial charge in [-0.25, -0.2) is 13.8 Å². The zero-order chi connectivity index (χ0) is 12.3. The van der Waals surface area contributed by atoms with Gasteiger partial charge in [-0.2, -0.15) is 0 Å². The number of aliphatic carboxylic acids is 1. The quantitative estimate of drug-likeness (QED) is 0.645. The molecule has 0 unspecified atom stereocenters. The van der Waals surface area contributed by atoms with Gasteiger partial charge < -0.3 is 10.8 Å². The molecule has 16 heavy (non-hydrogen) atoms. The number of alkyl halides is 2. The number of hydrogen-bond acceptors (Lipinski definition) is 3. The fourth-order valence-electron chi connectivity index (χ4n) is 1.26. The molecule has 0 fully saturated rings. The summed E-state index contributed by atoms with van der Waals surface area (Å²) in [6.07, 6.45) is -3.04. The Morgan fingerprint density at radius 1 is 1.62 bits per heavy atom. The molecule has 0 aliphatic heterocycles. The summed E-state index contributed by atoms with van der Waals surface area (Å²) < 4.78 is 25.2. The van der Waals surface area contributed by atoms with Gasteiger partial charge in [-0.05, 0) is 34.2 Å². The molecule has 0 saturated carbocycles. The van der Waals surface area contributed by atoms with Crippen molar-refractivity contribution in [3.05, 3.63) is 26.6 Å².